The number of aryl methyl sites for hydroxylation is 1. The minimum absolute atomic E-state index is 0.0651. The van der Waals surface area contributed by atoms with E-state index in [9.17, 15) is 4.79 Å². The first-order valence-electron chi connectivity index (χ1n) is 7.49. The molecule has 5 heteroatoms. The maximum Gasteiger partial charge on any atom is 0.273 e. The number of rotatable bonds is 6. The van der Waals surface area contributed by atoms with Gasteiger partial charge < -0.3 is 9.32 Å². The molecule has 3 rings (SSSR count). The molecule has 0 bridgehead atoms. The molecular weight excluding hydrogens is 284 g/mol. The molecule has 0 spiro atoms. The summed E-state index contributed by atoms with van der Waals surface area (Å²) in [5, 5.41) is 0.781. The highest BCUT2D eigenvalue weighted by Gasteiger charge is 2.29. The summed E-state index contributed by atoms with van der Waals surface area (Å²) >= 11 is 1.52. The van der Waals surface area contributed by atoms with E-state index in [0.717, 1.165) is 35.2 Å². The Morgan fingerprint density at radius 3 is 2.95 bits per heavy atom. The summed E-state index contributed by atoms with van der Waals surface area (Å²) in [5.41, 5.74) is 0.584. The summed E-state index contributed by atoms with van der Waals surface area (Å²) in [5.74, 6) is 1.49. The maximum atomic E-state index is 12.7. The first-order valence-corrected chi connectivity index (χ1v) is 8.31. The van der Waals surface area contributed by atoms with E-state index in [1.807, 2.05) is 24.0 Å². The van der Waals surface area contributed by atoms with Gasteiger partial charge in [-0.05, 0) is 44.2 Å². The molecule has 2 aromatic heterocycles. The van der Waals surface area contributed by atoms with Gasteiger partial charge in [-0.25, -0.2) is 4.98 Å². The number of hydrogen-bond donors (Lipinski definition) is 0. The molecular formula is C16H20N2O2S. The summed E-state index contributed by atoms with van der Waals surface area (Å²) in [6, 6.07) is 3.71. The molecule has 112 valence electrons. The van der Waals surface area contributed by atoms with Crippen molar-refractivity contribution in [3.63, 3.8) is 0 Å². The van der Waals surface area contributed by atoms with E-state index < -0.39 is 0 Å². The number of furan rings is 1. The Balaban J connectivity index is 1.82. The van der Waals surface area contributed by atoms with Gasteiger partial charge in [-0.15, -0.1) is 11.3 Å². The van der Waals surface area contributed by atoms with Crippen LogP contribution in [0, 0.1) is 12.8 Å². The highest BCUT2D eigenvalue weighted by molar-refractivity contribution is 7.15. The SMILES string of the molecule is CCCN(CC1CC1)C(=O)c1nc(-c2ccco2)sc1C. The predicted molar refractivity (Wildman–Crippen MR) is 83.5 cm³/mol. The van der Waals surface area contributed by atoms with Crippen LogP contribution in [-0.2, 0) is 0 Å². The Hall–Kier alpha value is -1.62. The van der Waals surface area contributed by atoms with E-state index in [1.165, 1.54) is 24.2 Å². The average Bonchev–Trinajstić information content (AvgIpc) is 2.98. The smallest absolute Gasteiger partial charge is 0.273 e. The fourth-order valence-electron chi connectivity index (χ4n) is 2.41. The van der Waals surface area contributed by atoms with Crippen LogP contribution in [0.2, 0.25) is 0 Å². The number of aromatic nitrogens is 1. The molecule has 21 heavy (non-hydrogen) atoms. The largest absolute Gasteiger partial charge is 0.462 e. The lowest BCUT2D eigenvalue weighted by molar-refractivity contribution is 0.0742. The number of amides is 1. The molecule has 0 N–H and O–H groups in total. The molecule has 0 unspecified atom stereocenters. The minimum atomic E-state index is 0.0651. The van der Waals surface area contributed by atoms with Crippen LogP contribution < -0.4 is 0 Å². The lowest BCUT2D eigenvalue weighted by Gasteiger charge is -2.21. The van der Waals surface area contributed by atoms with Crippen molar-refractivity contribution >= 4 is 17.2 Å². The quantitative estimate of drug-likeness (QED) is 0.811. The predicted octanol–water partition coefficient (Wildman–Crippen LogP) is 3.97. The Bertz CT molecular complexity index is 614. The fourth-order valence-corrected chi connectivity index (χ4v) is 3.28. The molecule has 2 aromatic rings. The summed E-state index contributed by atoms with van der Waals surface area (Å²) < 4.78 is 5.37. The topological polar surface area (TPSA) is 46.3 Å². The number of carbonyl (C=O) groups excluding carboxylic acids is 1. The molecule has 1 amide bonds. The Kier molecular flexibility index (Phi) is 4.10. The van der Waals surface area contributed by atoms with E-state index in [1.54, 1.807) is 6.26 Å². The zero-order valence-corrected chi connectivity index (χ0v) is 13.3. The third-order valence-electron chi connectivity index (χ3n) is 3.69. The molecule has 1 saturated carbocycles. The van der Waals surface area contributed by atoms with Crippen molar-refractivity contribution < 1.29 is 9.21 Å². The van der Waals surface area contributed by atoms with Crippen molar-refractivity contribution in [3.05, 3.63) is 29.0 Å². The van der Waals surface area contributed by atoms with Gasteiger partial charge in [0.15, 0.2) is 10.8 Å². The molecule has 4 nitrogen and oxygen atoms in total. The van der Waals surface area contributed by atoms with Gasteiger partial charge in [0.05, 0.1) is 6.26 Å². The second-order valence-corrected chi connectivity index (χ2v) is 6.80. The molecule has 0 atom stereocenters. The van der Waals surface area contributed by atoms with Gasteiger partial charge in [-0.3, -0.25) is 4.79 Å². The van der Waals surface area contributed by atoms with E-state index in [2.05, 4.69) is 11.9 Å². The number of thiazole rings is 1. The van der Waals surface area contributed by atoms with Gasteiger partial charge in [-0.1, -0.05) is 6.92 Å². The van der Waals surface area contributed by atoms with Crippen LogP contribution >= 0.6 is 11.3 Å². The van der Waals surface area contributed by atoms with Gasteiger partial charge >= 0.3 is 0 Å². The summed E-state index contributed by atoms with van der Waals surface area (Å²) in [6.07, 6.45) is 5.11. The molecule has 0 radical (unpaired) electrons. The zero-order chi connectivity index (χ0) is 14.8. The number of nitrogens with zero attached hydrogens (tertiary/aromatic N) is 2. The molecule has 0 saturated heterocycles. The molecule has 1 aliphatic carbocycles. The lowest BCUT2D eigenvalue weighted by atomic mass is 10.2. The number of hydrogen-bond acceptors (Lipinski definition) is 4. The van der Waals surface area contributed by atoms with Crippen LogP contribution in [0.25, 0.3) is 10.8 Å². The second-order valence-electron chi connectivity index (χ2n) is 5.60. The van der Waals surface area contributed by atoms with Crippen molar-refractivity contribution in [3.8, 4) is 10.8 Å². The van der Waals surface area contributed by atoms with Gasteiger partial charge in [-0.2, -0.15) is 0 Å². The van der Waals surface area contributed by atoms with Crippen molar-refractivity contribution in [1.82, 2.24) is 9.88 Å². The van der Waals surface area contributed by atoms with Gasteiger partial charge in [0, 0.05) is 18.0 Å². The van der Waals surface area contributed by atoms with E-state index in [4.69, 9.17) is 4.42 Å². The molecule has 2 heterocycles. The van der Waals surface area contributed by atoms with Crippen LogP contribution in [0.4, 0.5) is 0 Å². The second kappa shape index (κ2) is 6.02. The van der Waals surface area contributed by atoms with Crippen molar-refractivity contribution in [2.24, 2.45) is 5.92 Å². The third-order valence-corrected chi connectivity index (χ3v) is 4.67. The minimum Gasteiger partial charge on any atom is -0.462 e. The van der Waals surface area contributed by atoms with E-state index in [-0.39, 0.29) is 5.91 Å². The van der Waals surface area contributed by atoms with Gasteiger partial charge in [0.2, 0.25) is 0 Å². The fraction of sp³-hybridized carbons (Fsp3) is 0.500. The standard InChI is InChI=1S/C16H20N2O2S/c1-3-8-18(10-12-6-7-12)16(19)14-11(2)21-15(17-14)13-5-4-9-20-13/h4-5,9,12H,3,6-8,10H2,1-2H3. The maximum absolute atomic E-state index is 12.7. The third kappa shape index (κ3) is 3.18. The summed E-state index contributed by atoms with van der Waals surface area (Å²) in [7, 11) is 0. The van der Waals surface area contributed by atoms with Crippen LogP contribution in [0.3, 0.4) is 0 Å². The Morgan fingerprint density at radius 2 is 2.33 bits per heavy atom. The van der Waals surface area contributed by atoms with Crippen LogP contribution in [0.15, 0.2) is 22.8 Å². The summed E-state index contributed by atoms with van der Waals surface area (Å²) in [4.78, 5) is 20.2. The Morgan fingerprint density at radius 1 is 1.52 bits per heavy atom. The highest BCUT2D eigenvalue weighted by Crippen LogP contribution is 2.32. The zero-order valence-electron chi connectivity index (χ0n) is 12.5. The normalized spacial score (nSPS) is 14.4. The lowest BCUT2D eigenvalue weighted by Crippen LogP contribution is -2.34. The first kappa shape index (κ1) is 14.3. The van der Waals surface area contributed by atoms with Gasteiger partial charge in [0.1, 0.15) is 5.69 Å². The highest BCUT2D eigenvalue weighted by atomic mass is 32.1. The molecule has 0 aromatic carbocycles. The van der Waals surface area contributed by atoms with Crippen molar-refractivity contribution in [2.45, 2.75) is 33.1 Å². The molecule has 0 aliphatic heterocycles. The molecule has 1 fully saturated rings. The van der Waals surface area contributed by atoms with Crippen LogP contribution in [0.5, 0.6) is 0 Å². The average molecular weight is 304 g/mol. The van der Waals surface area contributed by atoms with Crippen LogP contribution in [-0.4, -0.2) is 28.9 Å². The van der Waals surface area contributed by atoms with Crippen molar-refractivity contribution in [1.29, 1.82) is 0 Å². The number of carbonyl (C=O) groups is 1. The van der Waals surface area contributed by atoms with Crippen molar-refractivity contribution in [2.75, 3.05) is 13.1 Å². The van der Waals surface area contributed by atoms with E-state index >= 15 is 0 Å². The Labute approximate surface area is 128 Å². The van der Waals surface area contributed by atoms with Gasteiger partial charge in [0.25, 0.3) is 5.91 Å². The van der Waals surface area contributed by atoms with E-state index in [0.29, 0.717) is 11.6 Å². The molecule has 1 aliphatic rings. The first-order chi connectivity index (χ1) is 10.2. The monoisotopic (exact) mass is 304 g/mol. The van der Waals surface area contributed by atoms with Crippen LogP contribution in [0.1, 0.15) is 41.6 Å². The summed E-state index contributed by atoms with van der Waals surface area (Å²) in [6.45, 7) is 5.75.